The lowest BCUT2D eigenvalue weighted by molar-refractivity contribution is 0.0787. The summed E-state index contributed by atoms with van der Waals surface area (Å²) in [5, 5.41) is 4.72. The quantitative estimate of drug-likeness (QED) is 0.313. The predicted molar refractivity (Wildman–Crippen MR) is 117 cm³/mol. The van der Waals surface area contributed by atoms with Crippen LogP contribution < -0.4 is 0 Å². The Bertz CT molecular complexity index is 969. The minimum Gasteiger partial charge on any atom is -0.360 e. The lowest BCUT2D eigenvalue weighted by atomic mass is 10.0. The zero-order valence-electron chi connectivity index (χ0n) is 16.7. The molecule has 0 atom stereocenters. The van der Waals surface area contributed by atoms with Gasteiger partial charge in [-0.1, -0.05) is 31.8 Å². The number of rotatable bonds is 7. The summed E-state index contributed by atoms with van der Waals surface area (Å²) in [7, 11) is -1.13. The molecule has 0 saturated carbocycles. The molecular formula is C21H25BrFN3OSi. The molecular weight excluding hydrogens is 437 g/mol. The largest absolute Gasteiger partial charge is 0.360 e. The van der Waals surface area contributed by atoms with Crippen molar-refractivity contribution in [2.24, 2.45) is 0 Å². The molecule has 148 valence electrons. The molecule has 28 heavy (non-hydrogen) atoms. The number of hydrogen-bond donors (Lipinski definition) is 0. The van der Waals surface area contributed by atoms with E-state index in [2.05, 4.69) is 40.6 Å². The summed E-state index contributed by atoms with van der Waals surface area (Å²) >= 11 is 3.27. The van der Waals surface area contributed by atoms with E-state index in [0.717, 1.165) is 40.9 Å². The van der Waals surface area contributed by atoms with E-state index in [0.29, 0.717) is 11.2 Å². The van der Waals surface area contributed by atoms with Gasteiger partial charge in [0.2, 0.25) is 0 Å². The minimum absolute atomic E-state index is 0.291. The van der Waals surface area contributed by atoms with Gasteiger partial charge in [-0.2, -0.15) is 5.10 Å². The highest BCUT2D eigenvalue weighted by Crippen LogP contribution is 2.32. The van der Waals surface area contributed by atoms with Crippen LogP contribution in [0.1, 0.15) is 5.69 Å². The van der Waals surface area contributed by atoms with Crippen molar-refractivity contribution in [2.75, 3.05) is 6.61 Å². The molecule has 2 heterocycles. The Morgan fingerprint density at radius 2 is 1.96 bits per heavy atom. The average molecular weight is 462 g/mol. The highest BCUT2D eigenvalue weighted by atomic mass is 79.9. The van der Waals surface area contributed by atoms with Crippen molar-refractivity contribution in [3.05, 3.63) is 58.6 Å². The third-order valence-electron chi connectivity index (χ3n) is 4.34. The number of nitrogens with zero attached hydrogens (tertiary/aromatic N) is 3. The van der Waals surface area contributed by atoms with Gasteiger partial charge in [0.1, 0.15) is 18.2 Å². The highest BCUT2D eigenvalue weighted by Gasteiger charge is 2.16. The maximum Gasteiger partial charge on any atom is 0.139 e. The first-order valence-corrected chi connectivity index (χ1v) is 13.8. The molecule has 0 amide bonds. The van der Waals surface area contributed by atoms with Crippen LogP contribution >= 0.6 is 15.9 Å². The van der Waals surface area contributed by atoms with E-state index in [-0.39, 0.29) is 5.82 Å². The second-order valence-electron chi connectivity index (χ2n) is 8.07. The SMILES string of the molecule is Cc1cccc(-c2nn(COCC[Si](C)(C)C)cc2-c2ccc(F)c(Br)c2)n1. The Balaban J connectivity index is 1.92. The number of aromatic nitrogens is 3. The fraction of sp³-hybridized carbons (Fsp3) is 0.333. The van der Waals surface area contributed by atoms with Crippen LogP contribution in [-0.4, -0.2) is 29.4 Å². The van der Waals surface area contributed by atoms with E-state index in [1.807, 2.05) is 31.3 Å². The summed E-state index contributed by atoms with van der Waals surface area (Å²) in [6.07, 6.45) is 1.94. The van der Waals surface area contributed by atoms with E-state index < -0.39 is 8.07 Å². The van der Waals surface area contributed by atoms with Crippen LogP contribution in [0, 0.1) is 12.7 Å². The van der Waals surface area contributed by atoms with Crippen LogP contribution in [0.2, 0.25) is 25.7 Å². The molecule has 3 rings (SSSR count). The van der Waals surface area contributed by atoms with Gasteiger partial charge in [-0.3, -0.25) is 4.98 Å². The van der Waals surface area contributed by atoms with Crippen LogP contribution in [0.4, 0.5) is 4.39 Å². The molecule has 2 aromatic heterocycles. The maximum absolute atomic E-state index is 13.7. The summed E-state index contributed by atoms with van der Waals surface area (Å²) < 4.78 is 21.8. The van der Waals surface area contributed by atoms with E-state index >= 15 is 0 Å². The van der Waals surface area contributed by atoms with Gasteiger partial charge in [0.05, 0.1) is 10.2 Å². The summed E-state index contributed by atoms with van der Waals surface area (Å²) in [6, 6.07) is 11.9. The molecule has 3 aromatic rings. The Morgan fingerprint density at radius 3 is 2.64 bits per heavy atom. The van der Waals surface area contributed by atoms with Crippen LogP contribution in [0.5, 0.6) is 0 Å². The zero-order chi connectivity index (χ0) is 20.3. The Labute approximate surface area is 174 Å². The van der Waals surface area contributed by atoms with Crippen molar-refractivity contribution >= 4 is 24.0 Å². The molecule has 7 heteroatoms. The molecule has 4 nitrogen and oxygen atoms in total. The lowest BCUT2D eigenvalue weighted by Crippen LogP contribution is -2.22. The van der Waals surface area contributed by atoms with Gasteiger partial charge in [-0.15, -0.1) is 0 Å². The number of halogens is 2. The standard InChI is InChI=1S/C21H25BrFN3OSi/c1-15-6-5-7-20(24-15)21-17(16-8-9-19(23)18(22)12-16)13-26(25-21)14-27-10-11-28(2,3)4/h5-9,12-13H,10-11,14H2,1-4H3. The highest BCUT2D eigenvalue weighted by molar-refractivity contribution is 9.10. The number of hydrogen-bond acceptors (Lipinski definition) is 3. The zero-order valence-corrected chi connectivity index (χ0v) is 19.3. The Morgan fingerprint density at radius 1 is 1.18 bits per heavy atom. The van der Waals surface area contributed by atoms with Gasteiger partial charge in [0.25, 0.3) is 0 Å². The second-order valence-corrected chi connectivity index (χ2v) is 14.5. The van der Waals surface area contributed by atoms with E-state index in [9.17, 15) is 4.39 Å². The molecule has 0 aliphatic carbocycles. The topological polar surface area (TPSA) is 39.9 Å². The third-order valence-corrected chi connectivity index (χ3v) is 6.66. The third kappa shape index (κ3) is 5.37. The van der Waals surface area contributed by atoms with E-state index in [4.69, 9.17) is 9.84 Å². The minimum atomic E-state index is -1.13. The molecule has 0 unspecified atom stereocenters. The van der Waals surface area contributed by atoms with Crippen molar-refractivity contribution in [3.8, 4) is 22.5 Å². The molecule has 0 N–H and O–H groups in total. The van der Waals surface area contributed by atoms with Crippen molar-refractivity contribution in [1.29, 1.82) is 0 Å². The summed E-state index contributed by atoms with van der Waals surface area (Å²) in [5.74, 6) is -0.291. The van der Waals surface area contributed by atoms with Gasteiger partial charge in [-0.05, 0) is 58.7 Å². The monoisotopic (exact) mass is 461 g/mol. The van der Waals surface area contributed by atoms with E-state index in [1.54, 1.807) is 16.8 Å². The average Bonchev–Trinajstić information content (AvgIpc) is 3.05. The lowest BCUT2D eigenvalue weighted by Gasteiger charge is -2.15. The van der Waals surface area contributed by atoms with Crippen molar-refractivity contribution in [3.63, 3.8) is 0 Å². The van der Waals surface area contributed by atoms with Gasteiger partial charge in [0.15, 0.2) is 0 Å². The number of benzene rings is 1. The van der Waals surface area contributed by atoms with Crippen LogP contribution in [0.25, 0.3) is 22.5 Å². The van der Waals surface area contributed by atoms with Crippen molar-refractivity contribution in [2.45, 2.75) is 39.3 Å². The molecule has 0 radical (unpaired) electrons. The first kappa shape index (κ1) is 20.9. The van der Waals surface area contributed by atoms with Gasteiger partial charge < -0.3 is 4.74 Å². The fourth-order valence-corrected chi connectivity index (χ4v) is 3.90. The van der Waals surface area contributed by atoms with Crippen LogP contribution in [0.3, 0.4) is 0 Å². The summed E-state index contributed by atoms with van der Waals surface area (Å²) in [4.78, 5) is 4.61. The van der Waals surface area contributed by atoms with Gasteiger partial charge >= 0.3 is 0 Å². The van der Waals surface area contributed by atoms with Gasteiger partial charge in [0, 0.05) is 32.1 Å². The van der Waals surface area contributed by atoms with Crippen molar-refractivity contribution < 1.29 is 9.13 Å². The molecule has 0 saturated heterocycles. The Kier molecular flexibility index (Phi) is 6.47. The molecule has 0 aliphatic rings. The van der Waals surface area contributed by atoms with Crippen LogP contribution in [-0.2, 0) is 11.5 Å². The number of aryl methyl sites for hydroxylation is 1. The summed E-state index contributed by atoms with van der Waals surface area (Å²) in [5.41, 5.74) is 4.24. The van der Waals surface area contributed by atoms with Crippen molar-refractivity contribution in [1.82, 2.24) is 14.8 Å². The van der Waals surface area contributed by atoms with E-state index in [1.165, 1.54) is 6.07 Å². The van der Waals surface area contributed by atoms with Gasteiger partial charge in [-0.25, -0.2) is 9.07 Å². The summed E-state index contributed by atoms with van der Waals surface area (Å²) in [6.45, 7) is 10.0. The Hall–Kier alpha value is -1.83. The second kappa shape index (κ2) is 8.67. The molecule has 0 bridgehead atoms. The molecule has 0 fully saturated rings. The first-order valence-electron chi connectivity index (χ1n) is 9.27. The normalized spacial score (nSPS) is 11.8. The van der Waals surface area contributed by atoms with Crippen LogP contribution in [0.15, 0.2) is 47.1 Å². The molecule has 1 aromatic carbocycles. The predicted octanol–water partition coefficient (Wildman–Crippen LogP) is 6.13. The molecule has 0 aliphatic heterocycles. The molecule has 0 spiro atoms. The maximum atomic E-state index is 13.7. The smallest absolute Gasteiger partial charge is 0.139 e. The number of pyridine rings is 1. The first-order chi connectivity index (χ1) is 13.2. The fourth-order valence-electron chi connectivity index (χ4n) is 2.76. The number of ether oxygens (including phenoxy) is 1.